The van der Waals surface area contributed by atoms with E-state index in [2.05, 4.69) is 65.6 Å². The lowest BCUT2D eigenvalue weighted by molar-refractivity contribution is 0.102. The topological polar surface area (TPSA) is 65.6 Å². The van der Waals surface area contributed by atoms with E-state index in [1.165, 1.54) is 41.4 Å². The number of carbonyl (C=O) groups excluding carboxylic acids is 1. The van der Waals surface area contributed by atoms with E-state index < -0.39 is 0 Å². The minimum atomic E-state index is 0.125. The van der Waals surface area contributed by atoms with Crippen LogP contribution in [-0.4, -0.2) is 35.9 Å². The Morgan fingerprint density at radius 3 is 2.45 bits per heavy atom. The third-order valence-electron chi connectivity index (χ3n) is 6.35. The normalized spacial score (nSPS) is 13.5. The maximum absolute atomic E-state index is 13.2. The van der Waals surface area contributed by atoms with Gasteiger partial charge in [-0.2, -0.15) is 0 Å². The molecule has 0 atom stereocenters. The van der Waals surface area contributed by atoms with Crippen LogP contribution in [0.2, 0.25) is 0 Å². The van der Waals surface area contributed by atoms with Crippen molar-refractivity contribution in [3.63, 3.8) is 0 Å². The summed E-state index contributed by atoms with van der Waals surface area (Å²) in [7, 11) is 0. The summed E-state index contributed by atoms with van der Waals surface area (Å²) in [5, 5.41) is 9.65. The monoisotopic (exact) mass is 457 g/mol. The lowest BCUT2D eigenvalue weighted by Crippen LogP contribution is -2.07. The van der Waals surface area contributed by atoms with Gasteiger partial charge in [-0.15, -0.1) is 10.2 Å². The Bertz CT molecular complexity index is 1330. The van der Waals surface area contributed by atoms with Crippen molar-refractivity contribution in [2.75, 3.05) is 5.75 Å². The van der Waals surface area contributed by atoms with Crippen molar-refractivity contribution < 1.29 is 4.79 Å². The molecule has 33 heavy (non-hydrogen) atoms. The third-order valence-corrected chi connectivity index (χ3v) is 7.28. The number of aryl methyl sites for hydroxylation is 3. The average Bonchev–Trinajstić information content (AvgIpc) is 3.48. The predicted octanol–water partition coefficient (Wildman–Crippen LogP) is 5.67. The van der Waals surface area contributed by atoms with Crippen molar-refractivity contribution in [1.29, 1.82) is 0 Å². The lowest BCUT2D eigenvalue weighted by atomic mass is 10.1. The van der Waals surface area contributed by atoms with E-state index in [-0.39, 0.29) is 5.78 Å². The maximum atomic E-state index is 13.2. The molecule has 7 heteroatoms. The Morgan fingerprint density at radius 1 is 1.00 bits per heavy atom. The smallest absolute Gasteiger partial charge is 0.196 e. The van der Waals surface area contributed by atoms with Crippen molar-refractivity contribution in [3.8, 4) is 17.1 Å². The van der Waals surface area contributed by atoms with Crippen molar-refractivity contribution in [1.82, 2.24) is 24.3 Å². The molecule has 1 aliphatic rings. The number of benzene rings is 1. The van der Waals surface area contributed by atoms with Gasteiger partial charge < -0.3 is 4.57 Å². The molecule has 0 N–H and O–H groups in total. The molecule has 0 amide bonds. The Kier molecular flexibility index (Phi) is 5.66. The van der Waals surface area contributed by atoms with Crippen LogP contribution in [0.5, 0.6) is 0 Å². The summed E-state index contributed by atoms with van der Waals surface area (Å²) in [6.07, 6.45) is 5.91. The number of aromatic nitrogens is 5. The number of hydrogen-bond donors (Lipinski definition) is 0. The van der Waals surface area contributed by atoms with Crippen LogP contribution in [0.15, 0.2) is 53.9 Å². The molecule has 3 heterocycles. The zero-order chi connectivity index (χ0) is 23.1. The number of ketones is 1. The Balaban J connectivity index is 1.47. The van der Waals surface area contributed by atoms with E-state index in [1.54, 1.807) is 12.4 Å². The van der Waals surface area contributed by atoms with Gasteiger partial charge in [-0.3, -0.25) is 14.3 Å². The summed E-state index contributed by atoms with van der Waals surface area (Å²) in [4.78, 5) is 17.3. The van der Waals surface area contributed by atoms with Gasteiger partial charge in [0.2, 0.25) is 0 Å². The highest BCUT2D eigenvalue weighted by atomic mass is 32.2. The van der Waals surface area contributed by atoms with E-state index >= 15 is 0 Å². The molecule has 3 aromatic heterocycles. The number of hydrogen-bond acceptors (Lipinski definition) is 5. The second-order valence-corrected chi connectivity index (χ2v) is 9.69. The van der Waals surface area contributed by atoms with Crippen molar-refractivity contribution >= 4 is 17.5 Å². The number of carbonyl (C=O) groups is 1. The van der Waals surface area contributed by atoms with Gasteiger partial charge in [0.05, 0.1) is 11.4 Å². The molecular formula is C26H27N5OS. The Hall–Kier alpha value is -3.19. The van der Waals surface area contributed by atoms with Crippen molar-refractivity contribution in [3.05, 3.63) is 76.9 Å². The van der Waals surface area contributed by atoms with Gasteiger partial charge in [-0.05, 0) is 82.0 Å². The first kappa shape index (κ1) is 21.6. The first-order chi connectivity index (χ1) is 15.9. The van der Waals surface area contributed by atoms with Crippen LogP contribution in [0.25, 0.3) is 17.1 Å². The molecule has 168 valence electrons. The molecule has 0 bridgehead atoms. The average molecular weight is 458 g/mol. The first-order valence-corrected chi connectivity index (χ1v) is 12.2. The second kappa shape index (κ2) is 8.63. The standard InChI is InChI=1S/C26H27N5OS/c1-16-5-6-22(13-17(16)2)31-25(20-9-11-27-12-10-20)28-29-26(31)33-15-24(32)23-14-18(3)30(19(23)4)21-7-8-21/h5-6,9-14,21H,7-8,15H2,1-4H3. The number of rotatable bonds is 7. The second-order valence-electron chi connectivity index (χ2n) is 8.74. The summed E-state index contributed by atoms with van der Waals surface area (Å²) >= 11 is 1.43. The molecule has 1 fully saturated rings. The number of thioether (sulfide) groups is 1. The van der Waals surface area contributed by atoms with Crippen LogP contribution in [0.3, 0.4) is 0 Å². The fourth-order valence-electron chi connectivity index (χ4n) is 4.31. The molecule has 0 aliphatic heterocycles. The van der Waals surface area contributed by atoms with Crippen molar-refractivity contribution in [2.24, 2.45) is 0 Å². The lowest BCUT2D eigenvalue weighted by Gasteiger charge is -2.12. The highest BCUT2D eigenvalue weighted by molar-refractivity contribution is 7.99. The van der Waals surface area contributed by atoms with E-state index in [1.807, 2.05) is 22.8 Å². The minimum Gasteiger partial charge on any atom is -0.345 e. The summed E-state index contributed by atoms with van der Waals surface area (Å²) in [6.45, 7) is 8.34. The molecule has 6 nitrogen and oxygen atoms in total. The summed E-state index contributed by atoms with van der Waals surface area (Å²) in [6, 6.07) is 12.8. The van der Waals surface area contributed by atoms with Crippen LogP contribution in [-0.2, 0) is 0 Å². The minimum absolute atomic E-state index is 0.125. The molecule has 0 saturated heterocycles. The Morgan fingerprint density at radius 2 is 1.76 bits per heavy atom. The molecule has 1 aromatic carbocycles. The highest BCUT2D eigenvalue weighted by Crippen LogP contribution is 2.38. The van der Waals surface area contributed by atoms with Crippen LogP contribution in [0.1, 0.15) is 51.8 Å². The van der Waals surface area contributed by atoms with Gasteiger partial charge >= 0.3 is 0 Å². The van der Waals surface area contributed by atoms with Crippen LogP contribution < -0.4 is 0 Å². The first-order valence-electron chi connectivity index (χ1n) is 11.2. The molecule has 4 aromatic rings. The van der Waals surface area contributed by atoms with Crippen LogP contribution >= 0.6 is 11.8 Å². The fraction of sp³-hybridized carbons (Fsp3) is 0.308. The van der Waals surface area contributed by atoms with Gasteiger partial charge in [-0.25, -0.2) is 0 Å². The zero-order valence-electron chi connectivity index (χ0n) is 19.4. The van der Waals surface area contributed by atoms with Gasteiger partial charge in [0.25, 0.3) is 0 Å². The van der Waals surface area contributed by atoms with E-state index in [4.69, 9.17) is 0 Å². The number of nitrogens with zero attached hydrogens (tertiary/aromatic N) is 5. The van der Waals surface area contributed by atoms with E-state index in [0.29, 0.717) is 17.0 Å². The molecule has 1 aliphatic carbocycles. The quantitative estimate of drug-likeness (QED) is 0.264. The molecule has 0 spiro atoms. The molecule has 1 saturated carbocycles. The Labute approximate surface area is 198 Å². The van der Waals surface area contributed by atoms with Gasteiger partial charge in [0.1, 0.15) is 0 Å². The number of pyridine rings is 1. The summed E-state index contributed by atoms with van der Waals surface area (Å²) in [5.41, 5.74) is 7.40. The molecule has 5 rings (SSSR count). The highest BCUT2D eigenvalue weighted by Gasteiger charge is 2.28. The van der Waals surface area contributed by atoms with Crippen LogP contribution in [0.4, 0.5) is 0 Å². The summed E-state index contributed by atoms with van der Waals surface area (Å²) < 4.78 is 4.35. The largest absolute Gasteiger partial charge is 0.345 e. The number of Topliss-reactive ketones (excluding diaryl/α,β-unsaturated/α-hetero) is 1. The fourth-order valence-corrected chi connectivity index (χ4v) is 5.15. The molecule has 0 radical (unpaired) electrons. The molecule has 0 unspecified atom stereocenters. The van der Waals surface area contributed by atoms with Crippen molar-refractivity contribution in [2.45, 2.75) is 51.7 Å². The zero-order valence-corrected chi connectivity index (χ0v) is 20.2. The van der Waals surface area contributed by atoms with Crippen LogP contribution in [0, 0.1) is 27.7 Å². The molecular weight excluding hydrogens is 430 g/mol. The van der Waals surface area contributed by atoms with E-state index in [9.17, 15) is 4.79 Å². The van der Waals surface area contributed by atoms with Gasteiger partial charge in [0, 0.05) is 41.0 Å². The predicted molar refractivity (Wildman–Crippen MR) is 131 cm³/mol. The SMILES string of the molecule is Cc1ccc(-n2c(SCC(=O)c3cc(C)n(C4CC4)c3C)nnc2-c2ccncc2)cc1C. The van der Waals surface area contributed by atoms with Gasteiger partial charge in [-0.1, -0.05) is 17.8 Å². The van der Waals surface area contributed by atoms with Gasteiger partial charge in [0.15, 0.2) is 16.8 Å². The van der Waals surface area contributed by atoms with E-state index in [0.717, 1.165) is 28.3 Å². The summed E-state index contributed by atoms with van der Waals surface area (Å²) in [5.74, 6) is 1.18. The maximum Gasteiger partial charge on any atom is 0.196 e. The third kappa shape index (κ3) is 4.13.